The lowest BCUT2D eigenvalue weighted by Gasteiger charge is -2.40. The third kappa shape index (κ3) is 37.9. The second kappa shape index (κ2) is 48.1. The minimum Gasteiger partial charge on any atom is -0.394 e. The van der Waals surface area contributed by atoms with Crippen LogP contribution in [0.5, 0.6) is 0 Å². The van der Waals surface area contributed by atoms with Crippen LogP contribution in [0, 0.1) is 0 Å². The van der Waals surface area contributed by atoms with Gasteiger partial charge in [-0.3, -0.25) is 4.79 Å². The van der Waals surface area contributed by atoms with E-state index in [1.54, 1.807) is 6.08 Å². The van der Waals surface area contributed by atoms with Gasteiger partial charge in [-0.05, 0) is 51.4 Å². The minimum absolute atomic E-state index is 0.179. The number of aliphatic hydroxyl groups excluding tert-OH is 5. The van der Waals surface area contributed by atoms with Crippen LogP contribution in [-0.2, 0) is 14.3 Å². The van der Waals surface area contributed by atoms with Crippen molar-refractivity contribution in [2.24, 2.45) is 0 Å². The van der Waals surface area contributed by atoms with E-state index in [0.717, 1.165) is 44.9 Å². The van der Waals surface area contributed by atoms with E-state index in [9.17, 15) is 30.3 Å². The van der Waals surface area contributed by atoms with E-state index in [1.165, 1.54) is 205 Å². The van der Waals surface area contributed by atoms with Gasteiger partial charge in [-0.25, -0.2) is 0 Å². The Balaban J connectivity index is 2.23. The van der Waals surface area contributed by atoms with E-state index in [4.69, 9.17) is 9.47 Å². The molecular weight excluding hydrogens is 839 g/mol. The van der Waals surface area contributed by atoms with E-state index < -0.39 is 49.5 Å². The van der Waals surface area contributed by atoms with E-state index in [-0.39, 0.29) is 12.5 Å². The van der Waals surface area contributed by atoms with Crippen LogP contribution >= 0.6 is 0 Å². The summed E-state index contributed by atoms with van der Waals surface area (Å²) >= 11 is 0. The fraction of sp³-hybridized carbons (Fsp3) is 0.879. The first-order valence-corrected chi connectivity index (χ1v) is 28.7. The molecule has 0 aromatic heterocycles. The summed E-state index contributed by atoms with van der Waals surface area (Å²) < 4.78 is 11.3. The second-order valence-electron chi connectivity index (χ2n) is 20.1. The number of allylic oxidation sites excluding steroid dienone is 5. The first kappa shape index (κ1) is 63.4. The predicted octanol–water partition coefficient (Wildman–Crippen LogP) is 14.0. The molecule has 0 spiro atoms. The molecule has 0 saturated carbocycles. The van der Waals surface area contributed by atoms with Crippen molar-refractivity contribution >= 4 is 5.91 Å². The van der Waals surface area contributed by atoms with Gasteiger partial charge >= 0.3 is 0 Å². The fourth-order valence-electron chi connectivity index (χ4n) is 9.13. The van der Waals surface area contributed by atoms with Crippen LogP contribution in [0.25, 0.3) is 0 Å². The molecule has 67 heavy (non-hydrogen) atoms. The maximum atomic E-state index is 13.0. The number of aliphatic hydroxyl groups is 5. The summed E-state index contributed by atoms with van der Waals surface area (Å²) in [4.78, 5) is 13.0. The van der Waals surface area contributed by atoms with Gasteiger partial charge in [0.05, 0.1) is 25.4 Å². The summed E-state index contributed by atoms with van der Waals surface area (Å²) in [7, 11) is 0. The Morgan fingerprint density at radius 2 is 0.881 bits per heavy atom. The van der Waals surface area contributed by atoms with Gasteiger partial charge in [0, 0.05) is 6.42 Å². The Morgan fingerprint density at radius 3 is 1.31 bits per heavy atom. The Hall–Kier alpha value is -1.59. The molecule has 1 amide bonds. The Kier molecular flexibility index (Phi) is 45.5. The van der Waals surface area contributed by atoms with Crippen molar-refractivity contribution < 1.29 is 39.8 Å². The number of ether oxygens (including phenoxy) is 2. The maximum Gasteiger partial charge on any atom is 0.220 e. The molecule has 0 aromatic rings. The van der Waals surface area contributed by atoms with Crippen molar-refractivity contribution in [1.29, 1.82) is 0 Å². The lowest BCUT2D eigenvalue weighted by molar-refractivity contribution is -0.302. The Bertz CT molecular complexity index is 1150. The summed E-state index contributed by atoms with van der Waals surface area (Å²) in [5, 5.41) is 54.5. The Labute approximate surface area is 412 Å². The Morgan fingerprint density at radius 1 is 0.507 bits per heavy atom. The summed E-state index contributed by atoms with van der Waals surface area (Å²) in [5.41, 5.74) is 0. The van der Waals surface area contributed by atoms with Crippen LogP contribution in [-0.4, -0.2) is 87.5 Å². The molecule has 1 saturated heterocycles. The minimum atomic E-state index is -1.57. The highest BCUT2D eigenvalue weighted by molar-refractivity contribution is 5.76. The molecule has 1 fully saturated rings. The van der Waals surface area contributed by atoms with E-state index in [2.05, 4.69) is 43.5 Å². The number of carbonyl (C=O) groups excluding carboxylic acids is 1. The van der Waals surface area contributed by atoms with Crippen LogP contribution in [0.3, 0.4) is 0 Å². The van der Waals surface area contributed by atoms with Crippen molar-refractivity contribution in [3.8, 4) is 0 Å². The molecule has 6 N–H and O–H groups in total. The highest BCUT2D eigenvalue weighted by atomic mass is 16.7. The van der Waals surface area contributed by atoms with Crippen molar-refractivity contribution in [3.63, 3.8) is 0 Å². The van der Waals surface area contributed by atoms with Crippen LogP contribution in [0.15, 0.2) is 36.5 Å². The first-order chi connectivity index (χ1) is 32.8. The largest absolute Gasteiger partial charge is 0.394 e. The lowest BCUT2D eigenvalue weighted by Crippen LogP contribution is -2.60. The molecular formula is C58H109NO8. The lowest BCUT2D eigenvalue weighted by atomic mass is 9.99. The summed E-state index contributed by atoms with van der Waals surface area (Å²) in [5.74, 6) is -0.179. The molecule has 1 aliphatic heterocycles. The van der Waals surface area contributed by atoms with Gasteiger partial charge in [0.25, 0.3) is 0 Å². The highest BCUT2D eigenvalue weighted by Gasteiger charge is 2.44. The number of hydrogen-bond acceptors (Lipinski definition) is 8. The molecule has 1 rings (SSSR count). The van der Waals surface area contributed by atoms with Crippen LogP contribution < -0.4 is 5.32 Å². The number of rotatable bonds is 49. The average Bonchev–Trinajstić information content (AvgIpc) is 3.33. The topological polar surface area (TPSA) is 149 Å². The zero-order valence-electron chi connectivity index (χ0n) is 43.7. The third-order valence-electron chi connectivity index (χ3n) is 13.7. The van der Waals surface area contributed by atoms with Gasteiger partial charge < -0.3 is 40.3 Å². The standard InChI is InChI=1S/C58H109NO8/c1-3-5-7-9-11-13-15-17-19-21-23-24-25-26-27-28-30-31-33-35-37-39-41-43-45-47-52(61)51(50-66-58-57(65)56(64)55(63)53(49-60)67-58)59-54(62)48-46-44-42-40-38-36-34-32-29-22-20-18-16-14-12-10-8-6-4-2/h12,14,18,20,45,47,51-53,55-58,60-61,63-65H,3-11,13,15-17,19,21-44,46,48-50H2,1-2H3,(H,59,62)/b14-12-,20-18-,47-45+. The first-order valence-electron chi connectivity index (χ1n) is 28.7. The molecule has 7 unspecified atom stereocenters. The van der Waals surface area contributed by atoms with Crippen LogP contribution in [0.1, 0.15) is 271 Å². The second-order valence-corrected chi connectivity index (χ2v) is 20.1. The van der Waals surface area contributed by atoms with Crippen LogP contribution in [0.2, 0.25) is 0 Å². The van der Waals surface area contributed by atoms with Crippen molar-refractivity contribution in [2.45, 2.75) is 314 Å². The molecule has 0 radical (unpaired) electrons. The zero-order chi connectivity index (χ0) is 48.7. The SMILES string of the molecule is CCCCC/C=C\C/C=C\CCCCCCCCCCCC(=O)NC(COC1OC(CO)C(O)C(O)C1O)C(O)/C=C/CCCCCCCCCCCCCCCCCCCCCCCCC. The van der Waals surface area contributed by atoms with Crippen molar-refractivity contribution in [3.05, 3.63) is 36.5 Å². The quantitative estimate of drug-likeness (QED) is 0.0261. The average molecular weight is 949 g/mol. The maximum absolute atomic E-state index is 13.0. The van der Waals surface area contributed by atoms with Crippen LogP contribution in [0.4, 0.5) is 0 Å². The predicted molar refractivity (Wildman–Crippen MR) is 281 cm³/mol. The molecule has 0 bridgehead atoms. The van der Waals surface area contributed by atoms with Crippen molar-refractivity contribution in [1.82, 2.24) is 5.32 Å². The molecule has 1 heterocycles. The molecule has 1 aliphatic rings. The normalized spacial score (nSPS) is 19.9. The van der Waals surface area contributed by atoms with E-state index in [1.807, 2.05) is 6.08 Å². The number of amides is 1. The number of carbonyl (C=O) groups is 1. The number of unbranched alkanes of at least 4 members (excludes halogenated alkanes) is 35. The van der Waals surface area contributed by atoms with E-state index in [0.29, 0.717) is 6.42 Å². The van der Waals surface area contributed by atoms with Crippen molar-refractivity contribution in [2.75, 3.05) is 13.2 Å². The summed E-state index contributed by atoms with van der Waals surface area (Å²) in [6, 6.07) is -0.807. The fourth-order valence-corrected chi connectivity index (χ4v) is 9.13. The highest BCUT2D eigenvalue weighted by Crippen LogP contribution is 2.23. The monoisotopic (exact) mass is 948 g/mol. The van der Waals surface area contributed by atoms with Gasteiger partial charge in [0.15, 0.2) is 6.29 Å². The summed E-state index contributed by atoms with van der Waals surface area (Å²) in [6.45, 7) is 3.78. The molecule has 0 aliphatic carbocycles. The van der Waals surface area contributed by atoms with Gasteiger partial charge in [0.1, 0.15) is 24.4 Å². The zero-order valence-corrected chi connectivity index (χ0v) is 43.7. The number of nitrogens with one attached hydrogen (secondary N) is 1. The smallest absolute Gasteiger partial charge is 0.220 e. The molecule has 0 aromatic carbocycles. The molecule has 394 valence electrons. The molecule has 9 nitrogen and oxygen atoms in total. The number of hydrogen-bond donors (Lipinski definition) is 6. The van der Waals surface area contributed by atoms with Gasteiger partial charge in [0.2, 0.25) is 5.91 Å². The van der Waals surface area contributed by atoms with Gasteiger partial charge in [-0.15, -0.1) is 0 Å². The van der Waals surface area contributed by atoms with Gasteiger partial charge in [-0.1, -0.05) is 249 Å². The molecule has 7 atom stereocenters. The van der Waals surface area contributed by atoms with E-state index >= 15 is 0 Å². The van der Waals surface area contributed by atoms with Gasteiger partial charge in [-0.2, -0.15) is 0 Å². The third-order valence-corrected chi connectivity index (χ3v) is 13.7. The summed E-state index contributed by atoms with van der Waals surface area (Å²) in [6.07, 6.45) is 54.9. The molecule has 9 heteroatoms.